The summed E-state index contributed by atoms with van der Waals surface area (Å²) in [7, 11) is 0. The van der Waals surface area contributed by atoms with E-state index in [9.17, 15) is 22.8 Å². The molecule has 1 aliphatic rings. The van der Waals surface area contributed by atoms with E-state index in [1.165, 1.54) is 38.6 Å². The topological polar surface area (TPSA) is 84.2 Å². The van der Waals surface area contributed by atoms with Gasteiger partial charge in [0.15, 0.2) is 5.65 Å². The van der Waals surface area contributed by atoms with Crippen LogP contribution in [0.15, 0.2) is 60.0 Å². The zero-order valence-electron chi connectivity index (χ0n) is 23.2. The number of alkyl halides is 2. The minimum absolute atomic E-state index is 0.0318. The van der Waals surface area contributed by atoms with Gasteiger partial charge in [-0.1, -0.05) is 44.2 Å². The van der Waals surface area contributed by atoms with Gasteiger partial charge in [-0.25, -0.2) is 27.5 Å². The number of anilines is 1. The lowest BCUT2D eigenvalue weighted by atomic mass is 10.0. The highest BCUT2D eigenvalue weighted by Gasteiger charge is 2.37. The Kier molecular flexibility index (Phi) is 8.05. The monoisotopic (exact) mass is 596 g/mol. The number of halogens is 4. The molecule has 1 amide bonds. The van der Waals surface area contributed by atoms with Crippen LogP contribution in [0, 0.1) is 12.7 Å². The van der Waals surface area contributed by atoms with Gasteiger partial charge in [-0.05, 0) is 48.7 Å². The maximum Gasteiger partial charge on any atom is 0.355 e. The number of hydrogen-bond donors (Lipinski definition) is 0. The van der Waals surface area contributed by atoms with Crippen LogP contribution in [-0.2, 0) is 4.79 Å². The maximum atomic E-state index is 14.9. The zero-order chi connectivity index (χ0) is 30.3. The smallest absolute Gasteiger partial charge is 0.344 e. The number of pyridine rings is 2. The molecule has 5 rings (SSSR count). The number of carbonyl (C=O) groups is 1. The predicted molar refractivity (Wildman–Crippen MR) is 156 cm³/mol. The summed E-state index contributed by atoms with van der Waals surface area (Å²) in [5.41, 5.74) is 1.22. The van der Waals surface area contributed by atoms with Crippen LogP contribution in [-0.4, -0.2) is 62.4 Å². The van der Waals surface area contributed by atoms with E-state index < -0.39 is 29.9 Å². The van der Waals surface area contributed by atoms with Gasteiger partial charge in [0.25, 0.3) is 6.43 Å². The number of aryl methyl sites for hydroxylation is 1. The second-order valence-corrected chi connectivity index (χ2v) is 10.7. The van der Waals surface area contributed by atoms with Crippen LogP contribution < -0.4 is 10.6 Å². The number of nitrogens with zero attached hydrogens (tertiary/aromatic N) is 6. The van der Waals surface area contributed by atoms with Gasteiger partial charge in [-0.15, -0.1) is 0 Å². The molecule has 1 aliphatic heterocycles. The Balaban J connectivity index is 1.84. The van der Waals surface area contributed by atoms with Crippen LogP contribution >= 0.6 is 11.6 Å². The third-order valence-corrected chi connectivity index (χ3v) is 7.61. The summed E-state index contributed by atoms with van der Waals surface area (Å²) < 4.78 is 45.1. The lowest BCUT2D eigenvalue weighted by Crippen LogP contribution is -2.58. The minimum atomic E-state index is -2.88. The Morgan fingerprint density at radius 3 is 2.57 bits per heavy atom. The van der Waals surface area contributed by atoms with Gasteiger partial charge in [0.2, 0.25) is 5.91 Å². The van der Waals surface area contributed by atoms with Crippen molar-refractivity contribution in [2.75, 3.05) is 24.5 Å². The Hall–Kier alpha value is -4.25. The highest BCUT2D eigenvalue weighted by atomic mass is 35.5. The van der Waals surface area contributed by atoms with Crippen molar-refractivity contribution in [3.05, 3.63) is 87.8 Å². The molecule has 1 atom stereocenters. The van der Waals surface area contributed by atoms with Crippen LogP contribution in [0.4, 0.5) is 19.0 Å². The first kappa shape index (κ1) is 29.2. The molecule has 12 heteroatoms. The summed E-state index contributed by atoms with van der Waals surface area (Å²) in [4.78, 5) is 42.2. The third-order valence-electron chi connectivity index (χ3n) is 7.32. The molecule has 0 radical (unpaired) electrons. The van der Waals surface area contributed by atoms with Crippen molar-refractivity contribution in [1.29, 1.82) is 0 Å². The molecule has 42 heavy (non-hydrogen) atoms. The Morgan fingerprint density at radius 2 is 1.90 bits per heavy atom. The fraction of sp³-hybridized carbons (Fsp3) is 0.300. The van der Waals surface area contributed by atoms with Gasteiger partial charge < -0.3 is 9.80 Å². The average Bonchev–Trinajstić information content (AvgIpc) is 2.96. The number of aromatic nitrogens is 4. The van der Waals surface area contributed by atoms with Crippen molar-refractivity contribution in [1.82, 2.24) is 24.4 Å². The van der Waals surface area contributed by atoms with E-state index in [0.717, 1.165) is 6.08 Å². The molecule has 3 aromatic heterocycles. The molecule has 1 unspecified atom stereocenters. The number of hydrogen-bond acceptors (Lipinski definition) is 6. The van der Waals surface area contributed by atoms with E-state index in [1.807, 2.05) is 20.8 Å². The van der Waals surface area contributed by atoms with Gasteiger partial charge in [-0.2, -0.15) is 4.98 Å². The SMILES string of the molecule is C=CC(=O)N1CCN(c2nc(=O)n(-c3c(C)ccnc3C(C)C)c3nc(-c4ccccc4F)c(Cl)cc23)C(C(F)F)C1. The Morgan fingerprint density at radius 1 is 1.17 bits per heavy atom. The molecule has 0 spiro atoms. The number of carbonyl (C=O) groups excluding carboxylic acids is 1. The molecule has 0 saturated carbocycles. The number of rotatable bonds is 6. The van der Waals surface area contributed by atoms with Crippen LogP contribution in [0.2, 0.25) is 5.02 Å². The molecule has 4 heterocycles. The molecular formula is C30H28ClF3N6O2. The van der Waals surface area contributed by atoms with Crippen LogP contribution in [0.3, 0.4) is 0 Å². The molecule has 1 fully saturated rings. The summed E-state index contributed by atoms with van der Waals surface area (Å²) in [5, 5.41) is 0.258. The second kappa shape index (κ2) is 11.6. The summed E-state index contributed by atoms with van der Waals surface area (Å²) >= 11 is 6.67. The first-order valence-electron chi connectivity index (χ1n) is 13.3. The van der Waals surface area contributed by atoms with Crippen molar-refractivity contribution in [3.8, 4) is 16.9 Å². The summed E-state index contributed by atoms with van der Waals surface area (Å²) in [5.74, 6) is -1.19. The fourth-order valence-electron chi connectivity index (χ4n) is 5.27. The molecule has 4 aromatic rings. The number of benzene rings is 1. The van der Waals surface area contributed by atoms with Crippen molar-refractivity contribution in [3.63, 3.8) is 0 Å². The third kappa shape index (κ3) is 5.13. The summed E-state index contributed by atoms with van der Waals surface area (Å²) in [6.45, 7) is 8.87. The van der Waals surface area contributed by atoms with Gasteiger partial charge >= 0.3 is 5.69 Å². The zero-order valence-corrected chi connectivity index (χ0v) is 23.9. The molecule has 218 valence electrons. The van der Waals surface area contributed by atoms with E-state index in [1.54, 1.807) is 18.3 Å². The molecule has 1 saturated heterocycles. The molecule has 0 aliphatic carbocycles. The number of amides is 1. The van der Waals surface area contributed by atoms with Gasteiger partial charge in [-0.3, -0.25) is 9.78 Å². The molecule has 0 bridgehead atoms. The number of fused-ring (bicyclic) bond motifs is 1. The first-order chi connectivity index (χ1) is 20.0. The lowest BCUT2D eigenvalue weighted by molar-refractivity contribution is -0.127. The Bertz CT molecular complexity index is 1760. The largest absolute Gasteiger partial charge is 0.355 e. The van der Waals surface area contributed by atoms with Gasteiger partial charge in [0.1, 0.15) is 17.7 Å². The van der Waals surface area contributed by atoms with Crippen molar-refractivity contribution in [2.24, 2.45) is 0 Å². The van der Waals surface area contributed by atoms with Gasteiger partial charge in [0.05, 0.1) is 27.5 Å². The minimum Gasteiger partial charge on any atom is -0.344 e. The quantitative estimate of drug-likeness (QED) is 0.272. The van der Waals surface area contributed by atoms with Crippen molar-refractivity contribution < 1.29 is 18.0 Å². The van der Waals surface area contributed by atoms with Crippen LogP contribution in [0.1, 0.15) is 31.0 Å². The van der Waals surface area contributed by atoms with E-state index in [4.69, 9.17) is 16.6 Å². The average molecular weight is 597 g/mol. The molecule has 8 nitrogen and oxygen atoms in total. The summed E-state index contributed by atoms with van der Waals surface area (Å²) in [6.07, 6.45) is -0.169. The number of piperazine rings is 1. The molecular weight excluding hydrogens is 569 g/mol. The summed E-state index contributed by atoms with van der Waals surface area (Å²) in [6, 6.07) is 7.67. The van der Waals surface area contributed by atoms with E-state index >= 15 is 0 Å². The van der Waals surface area contributed by atoms with E-state index in [-0.39, 0.29) is 58.7 Å². The second-order valence-electron chi connectivity index (χ2n) is 10.3. The molecule has 0 N–H and O–H groups in total. The van der Waals surface area contributed by atoms with Crippen molar-refractivity contribution in [2.45, 2.75) is 39.2 Å². The molecule has 1 aromatic carbocycles. The van der Waals surface area contributed by atoms with E-state index in [2.05, 4.69) is 16.5 Å². The lowest BCUT2D eigenvalue weighted by Gasteiger charge is -2.41. The van der Waals surface area contributed by atoms with Gasteiger partial charge in [0, 0.05) is 31.4 Å². The highest BCUT2D eigenvalue weighted by molar-refractivity contribution is 6.33. The highest BCUT2D eigenvalue weighted by Crippen LogP contribution is 2.36. The first-order valence-corrected chi connectivity index (χ1v) is 13.7. The van der Waals surface area contributed by atoms with Crippen LogP contribution in [0.25, 0.3) is 28.0 Å². The normalized spacial score (nSPS) is 15.6. The Labute approximate surface area is 245 Å². The predicted octanol–water partition coefficient (Wildman–Crippen LogP) is 5.54. The standard InChI is InChI=1S/C30H28ClF3N6O2/c1-5-23(41)38-12-13-39(22(15-38)27(33)34)28-19-14-20(31)25(18-8-6-7-9-21(18)32)36-29(19)40(30(42)37-28)26-17(4)10-11-35-24(26)16(2)3/h5-11,14,16,22,27H,1,12-13,15H2,2-4H3. The van der Waals surface area contributed by atoms with Crippen molar-refractivity contribution >= 4 is 34.4 Å². The fourth-order valence-corrected chi connectivity index (χ4v) is 5.52. The van der Waals surface area contributed by atoms with Crippen LogP contribution in [0.5, 0.6) is 0 Å². The maximum absolute atomic E-state index is 14.9. The van der Waals surface area contributed by atoms with E-state index in [0.29, 0.717) is 16.9 Å².